The van der Waals surface area contributed by atoms with Crippen LogP contribution in [0.25, 0.3) is 0 Å². The molecule has 2 rings (SSSR count). The summed E-state index contributed by atoms with van der Waals surface area (Å²) in [5, 5.41) is 2.84. The van der Waals surface area contributed by atoms with E-state index in [0.29, 0.717) is 16.7 Å². The van der Waals surface area contributed by atoms with Gasteiger partial charge in [0.15, 0.2) is 0 Å². The molecule has 0 fully saturated rings. The Morgan fingerprint density at radius 1 is 1.29 bits per heavy atom. The lowest BCUT2D eigenvalue weighted by molar-refractivity contribution is 0.0953. The number of aromatic amines is 1. The molecule has 0 atom stereocenters. The summed E-state index contributed by atoms with van der Waals surface area (Å²) in [5.41, 5.74) is 0.485. The summed E-state index contributed by atoms with van der Waals surface area (Å²) in [4.78, 5) is 15.7. The van der Waals surface area contributed by atoms with E-state index in [1.807, 2.05) is 0 Å². The van der Waals surface area contributed by atoms with E-state index in [0.717, 1.165) is 17.1 Å². The van der Waals surface area contributed by atoms with E-state index in [9.17, 15) is 9.18 Å². The first-order chi connectivity index (χ1) is 10.2. The molecule has 1 amide bonds. The average Bonchev–Trinajstić information content (AvgIpc) is 2.49. The van der Waals surface area contributed by atoms with E-state index in [1.165, 1.54) is 12.1 Å². The fourth-order valence-corrected chi connectivity index (χ4v) is 2.77. The summed E-state index contributed by atoms with van der Waals surface area (Å²) >= 11 is 6.69. The molecular weight excluding hydrogens is 307 g/mol. The number of carbonyl (C=O) groups is 1. The zero-order chi connectivity index (χ0) is 15.1. The first kappa shape index (κ1) is 15.7. The molecule has 1 aromatic carbocycles. The highest BCUT2D eigenvalue weighted by molar-refractivity contribution is 7.99. The van der Waals surface area contributed by atoms with Gasteiger partial charge < -0.3 is 10.3 Å². The van der Waals surface area contributed by atoms with Gasteiger partial charge in [0.2, 0.25) is 0 Å². The SMILES string of the molecule is O=C(NCCCSc1ccc(F)cc1)c1ccc[nH]c1=S. The van der Waals surface area contributed by atoms with Crippen LogP contribution in [0.15, 0.2) is 47.5 Å². The molecule has 6 heteroatoms. The van der Waals surface area contributed by atoms with Crippen LogP contribution in [0.3, 0.4) is 0 Å². The zero-order valence-corrected chi connectivity index (χ0v) is 12.9. The third-order valence-electron chi connectivity index (χ3n) is 2.75. The molecule has 0 radical (unpaired) electrons. The van der Waals surface area contributed by atoms with Crippen LogP contribution in [0.4, 0.5) is 4.39 Å². The number of nitrogens with one attached hydrogen (secondary N) is 2. The Labute approximate surface area is 132 Å². The van der Waals surface area contributed by atoms with Crippen LogP contribution in [-0.4, -0.2) is 23.2 Å². The van der Waals surface area contributed by atoms with Crippen molar-refractivity contribution in [3.63, 3.8) is 0 Å². The van der Waals surface area contributed by atoms with Crippen LogP contribution < -0.4 is 5.32 Å². The van der Waals surface area contributed by atoms with E-state index in [-0.39, 0.29) is 11.7 Å². The quantitative estimate of drug-likeness (QED) is 0.483. The number of hydrogen-bond acceptors (Lipinski definition) is 3. The maximum atomic E-state index is 12.7. The van der Waals surface area contributed by atoms with E-state index >= 15 is 0 Å². The van der Waals surface area contributed by atoms with Crippen molar-refractivity contribution in [3.05, 3.63) is 58.6 Å². The number of hydrogen-bond donors (Lipinski definition) is 2. The smallest absolute Gasteiger partial charge is 0.254 e. The van der Waals surface area contributed by atoms with E-state index in [2.05, 4.69) is 10.3 Å². The number of H-pyrrole nitrogens is 1. The fourth-order valence-electron chi connectivity index (χ4n) is 1.69. The van der Waals surface area contributed by atoms with Crippen molar-refractivity contribution in [2.24, 2.45) is 0 Å². The van der Waals surface area contributed by atoms with Gasteiger partial charge in [-0.2, -0.15) is 0 Å². The predicted molar refractivity (Wildman–Crippen MR) is 85.7 cm³/mol. The van der Waals surface area contributed by atoms with Crippen LogP contribution in [0.5, 0.6) is 0 Å². The van der Waals surface area contributed by atoms with Crippen molar-refractivity contribution in [1.82, 2.24) is 10.3 Å². The second-order valence-corrected chi connectivity index (χ2v) is 5.90. The van der Waals surface area contributed by atoms with Crippen molar-refractivity contribution < 1.29 is 9.18 Å². The van der Waals surface area contributed by atoms with Gasteiger partial charge in [-0.15, -0.1) is 11.8 Å². The highest BCUT2D eigenvalue weighted by Gasteiger charge is 2.06. The topological polar surface area (TPSA) is 44.9 Å². The van der Waals surface area contributed by atoms with Gasteiger partial charge in [0.25, 0.3) is 5.91 Å². The van der Waals surface area contributed by atoms with Crippen LogP contribution in [-0.2, 0) is 0 Å². The van der Waals surface area contributed by atoms with Crippen LogP contribution in [0.1, 0.15) is 16.8 Å². The van der Waals surface area contributed by atoms with Crippen molar-refractivity contribution in [2.75, 3.05) is 12.3 Å². The molecule has 0 bridgehead atoms. The molecule has 0 aliphatic carbocycles. The maximum Gasteiger partial charge on any atom is 0.254 e. The van der Waals surface area contributed by atoms with Crippen LogP contribution in [0, 0.1) is 10.5 Å². The number of thioether (sulfide) groups is 1. The Morgan fingerprint density at radius 2 is 2.05 bits per heavy atom. The number of amides is 1. The first-order valence-electron chi connectivity index (χ1n) is 6.51. The zero-order valence-electron chi connectivity index (χ0n) is 11.3. The number of pyridine rings is 1. The highest BCUT2D eigenvalue weighted by Crippen LogP contribution is 2.18. The first-order valence-corrected chi connectivity index (χ1v) is 7.90. The van der Waals surface area contributed by atoms with Gasteiger partial charge >= 0.3 is 0 Å². The summed E-state index contributed by atoms with van der Waals surface area (Å²) in [5.74, 6) is 0.461. The molecule has 0 unspecified atom stereocenters. The molecule has 1 heterocycles. The normalized spacial score (nSPS) is 10.3. The lowest BCUT2D eigenvalue weighted by atomic mass is 10.2. The van der Waals surface area contributed by atoms with Gasteiger partial charge in [0.1, 0.15) is 10.5 Å². The Morgan fingerprint density at radius 3 is 2.76 bits per heavy atom. The summed E-state index contributed by atoms with van der Waals surface area (Å²) in [6.45, 7) is 0.580. The summed E-state index contributed by atoms with van der Waals surface area (Å²) in [6.07, 6.45) is 2.52. The molecule has 0 aliphatic heterocycles. The molecule has 3 nitrogen and oxygen atoms in total. The van der Waals surface area contributed by atoms with Gasteiger partial charge in [0.05, 0.1) is 5.56 Å². The second kappa shape index (κ2) is 7.95. The lowest BCUT2D eigenvalue weighted by Gasteiger charge is -2.05. The van der Waals surface area contributed by atoms with Crippen molar-refractivity contribution in [1.29, 1.82) is 0 Å². The molecular formula is C15H15FN2OS2. The van der Waals surface area contributed by atoms with E-state index < -0.39 is 0 Å². The van der Waals surface area contributed by atoms with Gasteiger partial charge in [-0.05, 0) is 48.6 Å². The molecule has 0 spiro atoms. The minimum atomic E-state index is -0.231. The summed E-state index contributed by atoms with van der Waals surface area (Å²) in [6, 6.07) is 9.84. The number of carbonyl (C=O) groups excluding carboxylic acids is 1. The fraction of sp³-hybridized carbons (Fsp3) is 0.200. The van der Waals surface area contributed by atoms with Crippen LogP contribution >= 0.6 is 24.0 Å². The molecule has 0 saturated heterocycles. The maximum absolute atomic E-state index is 12.7. The van der Waals surface area contributed by atoms with E-state index in [1.54, 1.807) is 42.2 Å². The summed E-state index contributed by atoms with van der Waals surface area (Å²) in [7, 11) is 0. The Bertz CT molecular complexity index is 655. The van der Waals surface area contributed by atoms with Gasteiger partial charge in [-0.3, -0.25) is 4.79 Å². The molecule has 0 saturated carbocycles. The standard InChI is InChI=1S/C15H15FN2OS2/c16-11-4-6-12(7-5-11)21-10-2-9-17-14(19)13-3-1-8-18-15(13)20/h1,3-8H,2,9-10H2,(H,17,19)(H,18,20). The molecule has 0 aliphatic rings. The minimum absolute atomic E-state index is 0.163. The van der Waals surface area contributed by atoms with Gasteiger partial charge in [0, 0.05) is 17.6 Å². The molecule has 21 heavy (non-hydrogen) atoms. The second-order valence-electron chi connectivity index (χ2n) is 4.32. The van der Waals surface area contributed by atoms with Gasteiger partial charge in [-0.1, -0.05) is 12.2 Å². The average molecular weight is 322 g/mol. The Kier molecular flexibility index (Phi) is 5.95. The number of aromatic nitrogens is 1. The highest BCUT2D eigenvalue weighted by atomic mass is 32.2. The van der Waals surface area contributed by atoms with Gasteiger partial charge in [-0.25, -0.2) is 4.39 Å². The monoisotopic (exact) mass is 322 g/mol. The largest absolute Gasteiger partial charge is 0.352 e. The third-order valence-corrected chi connectivity index (χ3v) is 4.19. The van der Waals surface area contributed by atoms with E-state index in [4.69, 9.17) is 12.2 Å². The predicted octanol–water partition coefficient (Wildman–Crippen LogP) is 3.80. The minimum Gasteiger partial charge on any atom is -0.352 e. The number of benzene rings is 1. The molecule has 2 N–H and O–H groups in total. The Balaban J connectivity index is 1.70. The lowest BCUT2D eigenvalue weighted by Crippen LogP contribution is -2.25. The van der Waals surface area contributed by atoms with Crippen molar-refractivity contribution in [3.8, 4) is 0 Å². The van der Waals surface area contributed by atoms with Crippen molar-refractivity contribution in [2.45, 2.75) is 11.3 Å². The molecule has 1 aromatic heterocycles. The Hall–Kier alpha value is -1.66. The van der Waals surface area contributed by atoms with Crippen LogP contribution in [0.2, 0.25) is 0 Å². The van der Waals surface area contributed by atoms with Crippen molar-refractivity contribution >= 4 is 29.9 Å². The number of halogens is 1. The molecule has 2 aromatic rings. The summed E-state index contributed by atoms with van der Waals surface area (Å²) < 4.78 is 13.2. The number of rotatable bonds is 6. The third kappa shape index (κ3) is 4.99. The molecule has 110 valence electrons.